The number of benzene rings is 1. The molecule has 0 saturated carbocycles. The molecule has 1 aromatic heterocycles. The van der Waals surface area contributed by atoms with E-state index in [9.17, 15) is 4.79 Å². The molecule has 18 heavy (non-hydrogen) atoms. The van der Waals surface area contributed by atoms with E-state index in [1.165, 1.54) is 11.3 Å². The number of ketones is 1. The van der Waals surface area contributed by atoms with Crippen molar-refractivity contribution in [1.29, 1.82) is 0 Å². The van der Waals surface area contributed by atoms with E-state index in [0.717, 1.165) is 22.6 Å². The van der Waals surface area contributed by atoms with Crippen LogP contribution in [0.4, 0.5) is 0 Å². The van der Waals surface area contributed by atoms with Gasteiger partial charge in [-0.05, 0) is 35.2 Å². The number of carbonyl (C=O) groups excluding carboxylic acids is 1. The van der Waals surface area contributed by atoms with Gasteiger partial charge in [-0.1, -0.05) is 6.07 Å². The number of fused-ring (bicyclic) bond motifs is 1. The quantitative estimate of drug-likeness (QED) is 0.862. The molecule has 3 rings (SSSR count). The molecular formula is C14H13NO2S. The third-order valence-electron chi connectivity index (χ3n) is 3.11. The molecule has 1 aliphatic heterocycles. The second-order valence-corrected chi connectivity index (χ2v) is 5.26. The third-order valence-corrected chi connectivity index (χ3v) is 4.06. The summed E-state index contributed by atoms with van der Waals surface area (Å²) in [6, 6.07) is 8.78. The number of thiophene rings is 1. The molecule has 1 atom stereocenters. The molecule has 2 N–H and O–H groups in total. The van der Waals surface area contributed by atoms with Gasteiger partial charge in [0.25, 0.3) is 0 Å². The van der Waals surface area contributed by atoms with E-state index >= 15 is 0 Å². The van der Waals surface area contributed by atoms with Gasteiger partial charge in [-0.25, -0.2) is 0 Å². The van der Waals surface area contributed by atoms with Gasteiger partial charge in [-0.2, -0.15) is 0 Å². The number of hydrogen-bond donors (Lipinski definition) is 1. The lowest BCUT2D eigenvalue weighted by Crippen LogP contribution is -2.20. The van der Waals surface area contributed by atoms with E-state index in [2.05, 4.69) is 0 Å². The van der Waals surface area contributed by atoms with Crippen molar-refractivity contribution in [3.05, 3.63) is 51.7 Å². The number of ether oxygens (including phenoxy) is 1. The Hall–Kier alpha value is -1.65. The summed E-state index contributed by atoms with van der Waals surface area (Å²) in [6.07, 6.45) is 0.866. The predicted molar refractivity (Wildman–Crippen MR) is 71.2 cm³/mol. The minimum atomic E-state index is -0.564. The summed E-state index contributed by atoms with van der Waals surface area (Å²) < 4.78 is 5.43. The summed E-state index contributed by atoms with van der Waals surface area (Å²) in [5.74, 6) is 0.850. The van der Waals surface area contributed by atoms with E-state index in [1.54, 1.807) is 6.07 Å². The first-order valence-corrected chi connectivity index (χ1v) is 6.72. The summed E-state index contributed by atoms with van der Waals surface area (Å²) in [6.45, 7) is 0.698. The maximum atomic E-state index is 12.3. The average Bonchev–Trinajstić information content (AvgIpc) is 3.06. The van der Waals surface area contributed by atoms with E-state index in [4.69, 9.17) is 10.5 Å². The Labute approximate surface area is 109 Å². The third kappa shape index (κ3) is 1.94. The van der Waals surface area contributed by atoms with Crippen molar-refractivity contribution >= 4 is 17.1 Å². The van der Waals surface area contributed by atoms with Crippen molar-refractivity contribution in [2.75, 3.05) is 6.61 Å². The van der Waals surface area contributed by atoms with Gasteiger partial charge < -0.3 is 10.5 Å². The Morgan fingerprint density at radius 2 is 2.28 bits per heavy atom. The fourth-order valence-corrected chi connectivity index (χ4v) is 2.84. The Morgan fingerprint density at radius 3 is 3.06 bits per heavy atom. The predicted octanol–water partition coefficient (Wildman–Crippen LogP) is 2.57. The molecule has 3 nitrogen and oxygen atoms in total. The van der Waals surface area contributed by atoms with Crippen LogP contribution in [0.2, 0.25) is 0 Å². The largest absolute Gasteiger partial charge is 0.493 e. The van der Waals surface area contributed by atoms with Crippen molar-refractivity contribution in [2.24, 2.45) is 5.73 Å². The first-order valence-electron chi connectivity index (χ1n) is 5.84. The lowest BCUT2D eigenvalue weighted by atomic mass is 10.0. The number of nitrogens with two attached hydrogens (primary N) is 1. The van der Waals surface area contributed by atoms with Gasteiger partial charge in [0.1, 0.15) is 11.8 Å². The fourth-order valence-electron chi connectivity index (χ4n) is 2.12. The van der Waals surface area contributed by atoms with Crippen LogP contribution >= 0.6 is 11.3 Å². The molecule has 0 fully saturated rings. The summed E-state index contributed by atoms with van der Waals surface area (Å²) in [5, 5.41) is 1.93. The SMILES string of the molecule is NC(C(=O)c1ccc2c(c1)CCO2)c1cccs1. The first-order chi connectivity index (χ1) is 8.75. The number of carbonyl (C=O) groups is 1. The maximum absolute atomic E-state index is 12.3. The van der Waals surface area contributed by atoms with Gasteiger partial charge in [0.05, 0.1) is 6.61 Å². The van der Waals surface area contributed by atoms with Crippen LogP contribution in [-0.2, 0) is 6.42 Å². The molecule has 92 valence electrons. The standard InChI is InChI=1S/C14H13NO2S/c15-13(12-2-1-7-18-12)14(16)10-3-4-11-9(8-10)5-6-17-11/h1-4,7-8,13H,5-6,15H2. The van der Waals surface area contributed by atoms with Gasteiger partial charge in [0.15, 0.2) is 5.78 Å². The molecule has 1 aliphatic rings. The normalized spacial score (nSPS) is 14.9. The van der Waals surface area contributed by atoms with Crippen LogP contribution in [0, 0.1) is 0 Å². The second kappa shape index (κ2) is 4.55. The number of Topliss-reactive ketones (excluding diaryl/α,β-unsaturated/α-hetero) is 1. The summed E-state index contributed by atoms with van der Waals surface area (Å²) >= 11 is 1.51. The zero-order chi connectivity index (χ0) is 12.5. The highest BCUT2D eigenvalue weighted by Gasteiger charge is 2.21. The molecule has 1 aromatic carbocycles. The van der Waals surface area contributed by atoms with Crippen LogP contribution in [0.1, 0.15) is 26.8 Å². The molecule has 2 heterocycles. The minimum Gasteiger partial charge on any atom is -0.493 e. The molecular weight excluding hydrogens is 246 g/mol. The van der Waals surface area contributed by atoms with Crippen molar-refractivity contribution in [3.8, 4) is 5.75 Å². The van der Waals surface area contributed by atoms with E-state index in [-0.39, 0.29) is 5.78 Å². The highest BCUT2D eigenvalue weighted by Crippen LogP contribution is 2.28. The molecule has 2 aromatic rings. The Kier molecular flexibility index (Phi) is 2.89. The molecule has 0 saturated heterocycles. The van der Waals surface area contributed by atoms with Gasteiger partial charge in [0.2, 0.25) is 0 Å². The average molecular weight is 259 g/mol. The first kappa shape index (κ1) is 11.4. The molecule has 1 unspecified atom stereocenters. The van der Waals surface area contributed by atoms with Crippen molar-refractivity contribution in [2.45, 2.75) is 12.5 Å². The van der Waals surface area contributed by atoms with Gasteiger partial charge in [-0.3, -0.25) is 4.79 Å². The van der Waals surface area contributed by atoms with Crippen LogP contribution in [-0.4, -0.2) is 12.4 Å². The highest BCUT2D eigenvalue weighted by atomic mass is 32.1. The number of rotatable bonds is 3. The summed E-state index contributed by atoms with van der Waals surface area (Å²) in [5.41, 5.74) is 7.75. The highest BCUT2D eigenvalue weighted by molar-refractivity contribution is 7.10. The Balaban J connectivity index is 1.88. The monoisotopic (exact) mass is 259 g/mol. The Morgan fingerprint density at radius 1 is 1.39 bits per heavy atom. The molecule has 0 spiro atoms. The van der Waals surface area contributed by atoms with Gasteiger partial charge in [-0.15, -0.1) is 11.3 Å². The lowest BCUT2D eigenvalue weighted by molar-refractivity contribution is 0.0962. The molecule has 4 heteroatoms. The van der Waals surface area contributed by atoms with E-state index in [1.807, 2.05) is 29.6 Å². The molecule has 0 bridgehead atoms. The fraction of sp³-hybridized carbons (Fsp3) is 0.214. The van der Waals surface area contributed by atoms with Crippen LogP contribution in [0.5, 0.6) is 5.75 Å². The second-order valence-electron chi connectivity index (χ2n) is 4.28. The zero-order valence-electron chi connectivity index (χ0n) is 9.76. The van der Waals surface area contributed by atoms with Gasteiger partial charge in [0, 0.05) is 16.9 Å². The summed E-state index contributed by atoms with van der Waals surface area (Å²) in [4.78, 5) is 13.2. The minimum absolute atomic E-state index is 0.0350. The molecule has 0 aliphatic carbocycles. The van der Waals surface area contributed by atoms with Crippen molar-refractivity contribution in [1.82, 2.24) is 0 Å². The topological polar surface area (TPSA) is 52.3 Å². The van der Waals surface area contributed by atoms with E-state index < -0.39 is 6.04 Å². The Bertz CT molecular complexity index is 577. The van der Waals surface area contributed by atoms with Crippen molar-refractivity contribution < 1.29 is 9.53 Å². The van der Waals surface area contributed by atoms with Crippen LogP contribution in [0.15, 0.2) is 35.7 Å². The molecule has 0 amide bonds. The molecule has 0 radical (unpaired) electrons. The summed E-state index contributed by atoms with van der Waals surface area (Å²) in [7, 11) is 0. The van der Waals surface area contributed by atoms with E-state index in [0.29, 0.717) is 12.2 Å². The zero-order valence-corrected chi connectivity index (χ0v) is 10.6. The number of hydrogen-bond acceptors (Lipinski definition) is 4. The van der Waals surface area contributed by atoms with Crippen LogP contribution in [0.25, 0.3) is 0 Å². The van der Waals surface area contributed by atoms with Crippen LogP contribution in [0.3, 0.4) is 0 Å². The maximum Gasteiger partial charge on any atom is 0.184 e. The van der Waals surface area contributed by atoms with Gasteiger partial charge >= 0.3 is 0 Å². The van der Waals surface area contributed by atoms with Crippen molar-refractivity contribution in [3.63, 3.8) is 0 Å². The lowest BCUT2D eigenvalue weighted by Gasteiger charge is -2.09. The smallest absolute Gasteiger partial charge is 0.184 e. The van der Waals surface area contributed by atoms with Crippen LogP contribution < -0.4 is 10.5 Å².